The molecule has 0 aromatic carbocycles. The van der Waals surface area contributed by atoms with Crippen molar-refractivity contribution in [2.75, 3.05) is 52.7 Å². The molecule has 8 nitrogen and oxygen atoms in total. The van der Waals surface area contributed by atoms with Crippen LogP contribution in [0.15, 0.2) is 0 Å². The summed E-state index contributed by atoms with van der Waals surface area (Å²) in [5, 5.41) is 2.51. The maximum Gasteiger partial charge on any atom is 0.248 e. The Morgan fingerprint density at radius 2 is 1.95 bits per heavy atom. The molecule has 0 aromatic heterocycles. The van der Waals surface area contributed by atoms with Gasteiger partial charge in [0, 0.05) is 39.8 Å². The molecular formula is C12H23N3O5S. The minimum Gasteiger partial charge on any atom is -0.372 e. The van der Waals surface area contributed by atoms with Crippen LogP contribution < -0.4 is 5.32 Å². The number of rotatable bonds is 5. The van der Waals surface area contributed by atoms with Crippen LogP contribution in [0.5, 0.6) is 0 Å². The van der Waals surface area contributed by atoms with Crippen LogP contribution in [0.25, 0.3) is 0 Å². The molecular weight excluding hydrogens is 298 g/mol. The van der Waals surface area contributed by atoms with Crippen LogP contribution in [0.4, 0.5) is 0 Å². The lowest BCUT2D eigenvalue weighted by atomic mass is 10.1. The molecule has 1 atom stereocenters. The third-order valence-corrected chi connectivity index (χ3v) is 4.62. The van der Waals surface area contributed by atoms with Crippen LogP contribution in [-0.4, -0.2) is 82.1 Å². The van der Waals surface area contributed by atoms with Crippen molar-refractivity contribution < 1.29 is 22.7 Å². The zero-order chi connectivity index (χ0) is 16.0. The van der Waals surface area contributed by atoms with Gasteiger partial charge in [-0.15, -0.1) is 0 Å². The maximum atomic E-state index is 12.0. The summed E-state index contributed by atoms with van der Waals surface area (Å²) >= 11 is 0. The van der Waals surface area contributed by atoms with Gasteiger partial charge in [0.25, 0.3) is 0 Å². The van der Waals surface area contributed by atoms with Crippen LogP contribution in [-0.2, 0) is 24.3 Å². The molecule has 0 aromatic rings. The Balaban J connectivity index is 2.87. The van der Waals surface area contributed by atoms with E-state index >= 15 is 0 Å². The smallest absolute Gasteiger partial charge is 0.248 e. The fraction of sp³-hybridized carbons (Fsp3) is 0.833. The van der Waals surface area contributed by atoms with E-state index < -0.39 is 15.9 Å². The number of nitrogens with one attached hydrogen (secondary N) is 1. The summed E-state index contributed by atoms with van der Waals surface area (Å²) in [6.07, 6.45) is 1.10. The number of sulfonamides is 1. The van der Waals surface area contributed by atoms with E-state index in [9.17, 15) is 18.0 Å². The SMILES string of the molecule is CCOCC(=O)N1CCN(S(C)(=O)=O)CC(C(=O)NC)C1. The van der Waals surface area contributed by atoms with E-state index in [2.05, 4.69) is 5.32 Å². The molecule has 9 heteroatoms. The van der Waals surface area contributed by atoms with E-state index in [1.807, 2.05) is 0 Å². The van der Waals surface area contributed by atoms with Gasteiger partial charge in [0.05, 0.1) is 12.2 Å². The van der Waals surface area contributed by atoms with Crippen molar-refractivity contribution in [2.24, 2.45) is 5.92 Å². The number of hydrogen-bond donors (Lipinski definition) is 1. The van der Waals surface area contributed by atoms with Crippen molar-refractivity contribution >= 4 is 21.8 Å². The number of amides is 2. The summed E-state index contributed by atoms with van der Waals surface area (Å²) in [5.74, 6) is -1.10. The first-order valence-electron chi connectivity index (χ1n) is 6.81. The topological polar surface area (TPSA) is 96.0 Å². The van der Waals surface area contributed by atoms with Gasteiger partial charge in [0.1, 0.15) is 6.61 Å². The number of carbonyl (C=O) groups excluding carboxylic acids is 2. The standard InChI is InChI=1S/C12H23N3O5S/c1-4-20-9-11(16)14-5-6-15(21(3,18)19)8-10(7-14)12(17)13-2/h10H,4-9H2,1-3H3,(H,13,17). The van der Waals surface area contributed by atoms with Crippen LogP contribution in [0, 0.1) is 5.92 Å². The average Bonchev–Trinajstić information content (AvgIpc) is 2.66. The van der Waals surface area contributed by atoms with Crippen molar-refractivity contribution in [1.82, 2.24) is 14.5 Å². The largest absolute Gasteiger partial charge is 0.372 e. The van der Waals surface area contributed by atoms with E-state index in [0.29, 0.717) is 6.61 Å². The number of ether oxygens (including phenoxy) is 1. The number of carbonyl (C=O) groups is 2. The van der Waals surface area contributed by atoms with Gasteiger partial charge in [-0.25, -0.2) is 8.42 Å². The lowest BCUT2D eigenvalue weighted by Gasteiger charge is -2.23. The lowest BCUT2D eigenvalue weighted by Crippen LogP contribution is -2.43. The number of hydrogen-bond acceptors (Lipinski definition) is 5. The Morgan fingerprint density at radius 3 is 2.48 bits per heavy atom. The fourth-order valence-electron chi connectivity index (χ4n) is 2.16. The molecule has 1 aliphatic rings. The van der Waals surface area contributed by atoms with E-state index in [4.69, 9.17) is 4.74 Å². The third kappa shape index (κ3) is 5.25. The molecule has 1 N–H and O–H groups in total. The zero-order valence-corrected chi connectivity index (χ0v) is 13.5. The second kappa shape index (κ2) is 7.71. The Bertz CT molecular complexity index is 479. The lowest BCUT2D eigenvalue weighted by molar-refractivity contribution is -0.137. The highest BCUT2D eigenvalue weighted by molar-refractivity contribution is 7.88. The molecule has 2 amide bonds. The first kappa shape index (κ1) is 17.9. The minimum absolute atomic E-state index is 0.0597. The van der Waals surface area contributed by atoms with E-state index in [1.165, 1.54) is 16.3 Å². The van der Waals surface area contributed by atoms with E-state index in [0.717, 1.165) is 6.26 Å². The molecule has 1 unspecified atom stereocenters. The molecule has 122 valence electrons. The molecule has 1 rings (SSSR count). The van der Waals surface area contributed by atoms with Gasteiger partial charge in [-0.05, 0) is 6.92 Å². The number of nitrogens with zero attached hydrogens (tertiary/aromatic N) is 2. The molecule has 0 spiro atoms. The van der Waals surface area contributed by atoms with E-state index in [-0.39, 0.29) is 44.6 Å². The summed E-state index contributed by atoms with van der Waals surface area (Å²) in [6, 6.07) is 0. The molecule has 1 heterocycles. The van der Waals surface area contributed by atoms with Gasteiger partial charge in [0.15, 0.2) is 0 Å². The Morgan fingerprint density at radius 1 is 1.29 bits per heavy atom. The fourth-order valence-corrected chi connectivity index (χ4v) is 3.03. The highest BCUT2D eigenvalue weighted by atomic mass is 32.2. The van der Waals surface area contributed by atoms with Crippen molar-refractivity contribution in [3.63, 3.8) is 0 Å². The zero-order valence-electron chi connectivity index (χ0n) is 12.7. The second-order valence-corrected chi connectivity index (χ2v) is 6.89. The molecule has 1 fully saturated rings. The maximum absolute atomic E-state index is 12.0. The molecule has 1 aliphatic heterocycles. The first-order valence-corrected chi connectivity index (χ1v) is 8.66. The Kier molecular flexibility index (Phi) is 6.56. The van der Waals surface area contributed by atoms with Gasteiger partial charge in [-0.3, -0.25) is 9.59 Å². The molecule has 0 saturated carbocycles. The predicted octanol–water partition coefficient (Wildman–Crippen LogP) is -1.51. The predicted molar refractivity (Wildman–Crippen MR) is 77.0 cm³/mol. The van der Waals surface area contributed by atoms with Crippen LogP contribution >= 0.6 is 0 Å². The van der Waals surface area contributed by atoms with Crippen molar-refractivity contribution in [3.8, 4) is 0 Å². The highest BCUT2D eigenvalue weighted by Crippen LogP contribution is 2.13. The van der Waals surface area contributed by atoms with Crippen LogP contribution in [0.2, 0.25) is 0 Å². The van der Waals surface area contributed by atoms with Crippen molar-refractivity contribution in [1.29, 1.82) is 0 Å². The molecule has 0 radical (unpaired) electrons. The van der Waals surface area contributed by atoms with Crippen molar-refractivity contribution in [3.05, 3.63) is 0 Å². The van der Waals surface area contributed by atoms with Gasteiger partial charge in [0.2, 0.25) is 21.8 Å². The second-order valence-electron chi connectivity index (χ2n) is 4.91. The summed E-state index contributed by atoms with van der Waals surface area (Å²) in [6.45, 7) is 2.86. The molecule has 21 heavy (non-hydrogen) atoms. The quantitative estimate of drug-likeness (QED) is 0.664. The first-order chi connectivity index (χ1) is 9.79. The highest BCUT2D eigenvalue weighted by Gasteiger charge is 2.32. The van der Waals surface area contributed by atoms with Gasteiger partial charge < -0.3 is 15.0 Å². The van der Waals surface area contributed by atoms with Gasteiger partial charge in [-0.2, -0.15) is 4.31 Å². The molecule has 1 saturated heterocycles. The van der Waals surface area contributed by atoms with Gasteiger partial charge in [-0.1, -0.05) is 0 Å². The summed E-state index contributed by atoms with van der Waals surface area (Å²) < 4.78 is 29.7. The van der Waals surface area contributed by atoms with Crippen LogP contribution in [0.3, 0.4) is 0 Å². The molecule has 0 bridgehead atoms. The summed E-state index contributed by atoms with van der Waals surface area (Å²) in [5.41, 5.74) is 0. The third-order valence-electron chi connectivity index (χ3n) is 3.35. The Hall–Kier alpha value is -1.19. The molecule has 0 aliphatic carbocycles. The minimum atomic E-state index is -3.41. The normalized spacial score (nSPS) is 20.9. The Labute approximate surface area is 125 Å². The monoisotopic (exact) mass is 321 g/mol. The van der Waals surface area contributed by atoms with Gasteiger partial charge >= 0.3 is 0 Å². The van der Waals surface area contributed by atoms with Crippen molar-refractivity contribution in [2.45, 2.75) is 6.92 Å². The van der Waals surface area contributed by atoms with Crippen LogP contribution in [0.1, 0.15) is 6.92 Å². The summed E-state index contributed by atoms with van der Waals surface area (Å²) in [7, 11) is -1.92. The van der Waals surface area contributed by atoms with E-state index in [1.54, 1.807) is 6.92 Å². The average molecular weight is 321 g/mol. The summed E-state index contributed by atoms with van der Waals surface area (Å²) in [4.78, 5) is 25.4.